The Labute approximate surface area is 101 Å². The summed E-state index contributed by atoms with van der Waals surface area (Å²) in [5, 5.41) is 2.59. The lowest BCUT2D eigenvalue weighted by Gasteiger charge is -2.17. The first kappa shape index (κ1) is 12.5. The van der Waals surface area contributed by atoms with Crippen molar-refractivity contribution in [3.63, 3.8) is 0 Å². The van der Waals surface area contributed by atoms with Gasteiger partial charge >= 0.3 is 12.4 Å². The molecular formula is C11H11F3N2O2. The Morgan fingerprint density at radius 1 is 1.28 bits per heavy atom. The van der Waals surface area contributed by atoms with Crippen molar-refractivity contribution in [2.75, 3.05) is 0 Å². The van der Waals surface area contributed by atoms with Crippen LogP contribution in [0, 0.1) is 0 Å². The van der Waals surface area contributed by atoms with E-state index in [4.69, 9.17) is 5.73 Å². The molecule has 0 radical (unpaired) electrons. The van der Waals surface area contributed by atoms with Crippen molar-refractivity contribution in [3.8, 4) is 5.75 Å². The van der Waals surface area contributed by atoms with E-state index in [2.05, 4.69) is 10.1 Å². The van der Waals surface area contributed by atoms with Gasteiger partial charge in [-0.1, -0.05) is 12.1 Å². The second-order valence-corrected chi connectivity index (χ2v) is 4.14. The minimum atomic E-state index is -4.70. The molecule has 0 atom stereocenters. The number of rotatable bonds is 3. The quantitative estimate of drug-likeness (QED) is 0.875. The van der Waals surface area contributed by atoms with Crippen LogP contribution in [0.1, 0.15) is 18.4 Å². The van der Waals surface area contributed by atoms with E-state index in [1.807, 2.05) is 0 Å². The van der Waals surface area contributed by atoms with Gasteiger partial charge in [0.2, 0.25) is 0 Å². The van der Waals surface area contributed by atoms with Gasteiger partial charge in [0.15, 0.2) is 0 Å². The van der Waals surface area contributed by atoms with Crippen LogP contribution in [0.5, 0.6) is 5.75 Å². The highest BCUT2D eigenvalue weighted by atomic mass is 19.4. The van der Waals surface area contributed by atoms with Gasteiger partial charge in [0.05, 0.1) is 5.54 Å². The van der Waals surface area contributed by atoms with Gasteiger partial charge in [0, 0.05) is 0 Å². The number of carbonyl (C=O) groups is 1. The lowest BCUT2D eigenvalue weighted by atomic mass is 10.1. The first-order valence-electron chi connectivity index (χ1n) is 5.25. The number of carbonyl (C=O) groups excluding carboxylic acids is 1. The molecule has 1 aliphatic rings. The van der Waals surface area contributed by atoms with E-state index in [0.29, 0.717) is 0 Å². The number of hydrogen-bond donors (Lipinski definition) is 2. The minimum absolute atomic E-state index is 0.291. The van der Waals surface area contributed by atoms with Crippen molar-refractivity contribution in [2.24, 2.45) is 5.73 Å². The summed E-state index contributed by atoms with van der Waals surface area (Å²) in [5.74, 6) is -0.291. The summed E-state index contributed by atoms with van der Waals surface area (Å²) in [5.41, 5.74) is 5.24. The van der Waals surface area contributed by atoms with E-state index in [1.165, 1.54) is 24.3 Å². The Kier molecular flexibility index (Phi) is 2.84. The first-order valence-corrected chi connectivity index (χ1v) is 5.25. The molecule has 7 heteroatoms. The van der Waals surface area contributed by atoms with Gasteiger partial charge in [-0.05, 0) is 30.5 Å². The fourth-order valence-electron chi connectivity index (χ4n) is 1.82. The minimum Gasteiger partial charge on any atom is -0.406 e. The van der Waals surface area contributed by atoms with E-state index in [1.54, 1.807) is 0 Å². The molecule has 1 fully saturated rings. The maximum atomic E-state index is 12.0. The number of urea groups is 1. The van der Waals surface area contributed by atoms with Crippen molar-refractivity contribution >= 4 is 6.03 Å². The van der Waals surface area contributed by atoms with Crippen LogP contribution in [0.3, 0.4) is 0 Å². The maximum absolute atomic E-state index is 12.0. The molecule has 1 aromatic rings. The molecule has 2 rings (SSSR count). The number of nitrogens with one attached hydrogen (secondary N) is 1. The van der Waals surface area contributed by atoms with Crippen LogP contribution in [0.2, 0.25) is 0 Å². The number of ether oxygens (including phenoxy) is 1. The van der Waals surface area contributed by atoms with Crippen LogP contribution >= 0.6 is 0 Å². The summed E-state index contributed by atoms with van der Waals surface area (Å²) >= 11 is 0. The number of alkyl halides is 3. The standard InChI is InChI=1S/C11H11F3N2O2/c12-11(13,14)18-8-3-1-7(2-4-8)10(5-6-10)16-9(15)17/h1-4H,5-6H2,(H3,15,16,17). The average Bonchev–Trinajstić information content (AvgIpc) is 2.96. The largest absolute Gasteiger partial charge is 0.573 e. The molecule has 1 saturated carbocycles. The molecule has 1 aliphatic carbocycles. The Balaban J connectivity index is 2.11. The van der Waals surface area contributed by atoms with Gasteiger partial charge < -0.3 is 15.8 Å². The molecular weight excluding hydrogens is 249 g/mol. The highest BCUT2D eigenvalue weighted by Gasteiger charge is 2.45. The SMILES string of the molecule is NC(=O)NC1(c2ccc(OC(F)(F)F)cc2)CC1. The molecule has 0 unspecified atom stereocenters. The van der Waals surface area contributed by atoms with Gasteiger partial charge in [-0.3, -0.25) is 0 Å². The Hall–Kier alpha value is -1.92. The van der Waals surface area contributed by atoms with Crippen molar-refractivity contribution in [1.29, 1.82) is 0 Å². The molecule has 0 spiro atoms. The lowest BCUT2D eigenvalue weighted by molar-refractivity contribution is -0.274. The molecule has 3 N–H and O–H groups in total. The number of halogens is 3. The predicted octanol–water partition coefficient (Wildman–Crippen LogP) is 2.24. The highest BCUT2D eigenvalue weighted by molar-refractivity contribution is 5.73. The third-order valence-electron chi connectivity index (χ3n) is 2.75. The monoisotopic (exact) mass is 260 g/mol. The van der Waals surface area contributed by atoms with Crippen molar-refractivity contribution in [1.82, 2.24) is 5.32 Å². The van der Waals surface area contributed by atoms with Gasteiger partial charge in [0.25, 0.3) is 0 Å². The van der Waals surface area contributed by atoms with Crippen molar-refractivity contribution in [3.05, 3.63) is 29.8 Å². The van der Waals surface area contributed by atoms with E-state index in [9.17, 15) is 18.0 Å². The van der Waals surface area contributed by atoms with Crippen LogP contribution in [0.4, 0.5) is 18.0 Å². The summed E-state index contributed by atoms with van der Waals surface area (Å²) in [6, 6.07) is 4.76. The summed E-state index contributed by atoms with van der Waals surface area (Å²) in [6.45, 7) is 0. The van der Waals surface area contributed by atoms with Crippen LogP contribution in [-0.4, -0.2) is 12.4 Å². The molecule has 0 aromatic heterocycles. The van der Waals surface area contributed by atoms with Gasteiger partial charge in [-0.15, -0.1) is 13.2 Å². The summed E-state index contributed by atoms with van der Waals surface area (Å²) in [4.78, 5) is 10.8. The van der Waals surface area contributed by atoms with Gasteiger partial charge in [-0.2, -0.15) is 0 Å². The molecule has 0 bridgehead atoms. The molecule has 18 heavy (non-hydrogen) atoms. The Morgan fingerprint density at radius 3 is 2.22 bits per heavy atom. The summed E-state index contributed by atoms with van der Waals surface area (Å²) in [6.07, 6.45) is -3.27. The van der Waals surface area contributed by atoms with E-state index >= 15 is 0 Å². The Bertz CT molecular complexity index is 452. The Morgan fingerprint density at radius 2 is 1.83 bits per heavy atom. The molecule has 98 valence electrons. The van der Waals surface area contributed by atoms with Gasteiger partial charge in [-0.25, -0.2) is 4.79 Å². The van der Waals surface area contributed by atoms with E-state index < -0.39 is 17.9 Å². The van der Waals surface area contributed by atoms with Gasteiger partial charge in [0.1, 0.15) is 5.75 Å². The normalized spacial score (nSPS) is 17.1. The third-order valence-corrected chi connectivity index (χ3v) is 2.75. The van der Waals surface area contributed by atoms with Crippen LogP contribution < -0.4 is 15.8 Å². The third kappa shape index (κ3) is 2.85. The highest BCUT2D eigenvalue weighted by Crippen LogP contribution is 2.45. The molecule has 2 amide bonds. The molecule has 0 saturated heterocycles. The zero-order valence-electron chi connectivity index (χ0n) is 9.25. The van der Waals surface area contributed by atoms with E-state index in [-0.39, 0.29) is 5.75 Å². The zero-order chi connectivity index (χ0) is 13.4. The molecule has 4 nitrogen and oxygen atoms in total. The van der Waals surface area contributed by atoms with Crippen LogP contribution in [0.15, 0.2) is 24.3 Å². The van der Waals surface area contributed by atoms with Crippen LogP contribution in [0.25, 0.3) is 0 Å². The fourth-order valence-corrected chi connectivity index (χ4v) is 1.82. The second-order valence-electron chi connectivity index (χ2n) is 4.14. The topological polar surface area (TPSA) is 64.4 Å². The number of hydrogen-bond acceptors (Lipinski definition) is 2. The van der Waals surface area contributed by atoms with Crippen molar-refractivity contribution in [2.45, 2.75) is 24.7 Å². The van der Waals surface area contributed by atoms with Crippen molar-refractivity contribution < 1.29 is 22.7 Å². The average molecular weight is 260 g/mol. The smallest absolute Gasteiger partial charge is 0.406 e. The number of benzene rings is 1. The predicted molar refractivity (Wildman–Crippen MR) is 56.8 cm³/mol. The maximum Gasteiger partial charge on any atom is 0.573 e. The van der Waals surface area contributed by atoms with E-state index in [0.717, 1.165) is 18.4 Å². The second kappa shape index (κ2) is 4.08. The number of amides is 2. The molecule has 1 aromatic carbocycles. The number of nitrogens with two attached hydrogens (primary N) is 1. The first-order chi connectivity index (χ1) is 8.31. The zero-order valence-corrected chi connectivity index (χ0v) is 9.25. The van der Waals surface area contributed by atoms with Crippen LogP contribution in [-0.2, 0) is 5.54 Å². The number of primary amides is 1. The summed E-state index contributed by atoms with van der Waals surface area (Å²) < 4.78 is 39.7. The fraction of sp³-hybridized carbons (Fsp3) is 0.364. The summed E-state index contributed by atoms with van der Waals surface area (Å²) in [7, 11) is 0. The molecule has 0 heterocycles. The lowest BCUT2D eigenvalue weighted by Crippen LogP contribution is -2.38. The molecule has 0 aliphatic heterocycles.